The fourth-order valence-electron chi connectivity index (χ4n) is 4.54. The lowest BCUT2D eigenvalue weighted by Gasteiger charge is -2.26. The van der Waals surface area contributed by atoms with Crippen LogP contribution in [0.25, 0.3) is 5.76 Å². The van der Waals surface area contributed by atoms with Crippen molar-refractivity contribution in [3.8, 4) is 11.5 Å². The van der Waals surface area contributed by atoms with Gasteiger partial charge in [-0.25, -0.2) is 4.79 Å². The van der Waals surface area contributed by atoms with Crippen molar-refractivity contribution in [3.05, 3.63) is 94.6 Å². The van der Waals surface area contributed by atoms with Gasteiger partial charge >= 0.3 is 5.97 Å². The standard InChI is InChI=1S/C31H31NO7/c1-6-38-31(36)22-8-7-9-23(17-22)32-27(20-10-13-24(37-5)14-11-20)26(29(34)30(32)35)28(33)21-12-15-25(19(4)16-21)39-18(2)3/h7-18,27,33H,6H2,1-5H3/b28-26+. The molecule has 4 rings (SSSR count). The zero-order chi connectivity index (χ0) is 28.3. The van der Waals surface area contributed by atoms with Gasteiger partial charge in [0.05, 0.1) is 37.0 Å². The first-order valence-electron chi connectivity index (χ1n) is 12.7. The van der Waals surface area contributed by atoms with E-state index in [1.54, 1.807) is 67.6 Å². The van der Waals surface area contributed by atoms with Gasteiger partial charge in [0.1, 0.15) is 17.3 Å². The Labute approximate surface area is 227 Å². The van der Waals surface area contributed by atoms with Crippen LogP contribution in [0.15, 0.2) is 72.3 Å². The van der Waals surface area contributed by atoms with Crippen molar-refractivity contribution in [1.29, 1.82) is 0 Å². The monoisotopic (exact) mass is 529 g/mol. The summed E-state index contributed by atoms with van der Waals surface area (Å²) in [4.78, 5) is 40.6. The summed E-state index contributed by atoms with van der Waals surface area (Å²) in [5.74, 6) is -1.26. The number of esters is 1. The molecule has 1 aliphatic heterocycles. The summed E-state index contributed by atoms with van der Waals surface area (Å²) in [6.07, 6.45) is -0.0334. The number of Topliss-reactive ketones (excluding diaryl/α,β-unsaturated/α-hetero) is 1. The molecule has 0 aromatic heterocycles. The first kappa shape index (κ1) is 27.4. The molecular weight excluding hydrogens is 498 g/mol. The highest BCUT2D eigenvalue weighted by Gasteiger charge is 2.47. The third kappa shape index (κ3) is 5.50. The first-order chi connectivity index (χ1) is 18.7. The zero-order valence-electron chi connectivity index (χ0n) is 22.6. The van der Waals surface area contributed by atoms with Crippen LogP contribution in [0.4, 0.5) is 5.69 Å². The van der Waals surface area contributed by atoms with Crippen LogP contribution < -0.4 is 14.4 Å². The Kier molecular flexibility index (Phi) is 8.04. The summed E-state index contributed by atoms with van der Waals surface area (Å²) in [5.41, 5.74) is 2.21. The molecule has 0 saturated carbocycles. The molecule has 1 N–H and O–H groups in total. The predicted octanol–water partition coefficient (Wildman–Crippen LogP) is 5.59. The second-order valence-corrected chi connectivity index (χ2v) is 9.36. The van der Waals surface area contributed by atoms with E-state index in [-0.39, 0.29) is 29.6 Å². The van der Waals surface area contributed by atoms with Crippen LogP contribution in [-0.4, -0.2) is 42.6 Å². The van der Waals surface area contributed by atoms with E-state index in [0.29, 0.717) is 28.3 Å². The lowest BCUT2D eigenvalue weighted by atomic mass is 9.94. The van der Waals surface area contributed by atoms with Crippen LogP contribution in [-0.2, 0) is 14.3 Å². The topological polar surface area (TPSA) is 102 Å². The average molecular weight is 530 g/mol. The number of carbonyl (C=O) groups is 3. The number of carbonyl (C=O) groups excluding carboxylic acids is 3. The van der Waals surface area contributed by atoms with E-state index in [4.69, 9.17) is 14.2 Å². The van der Waals surface area contributed by atoms with Gasteiger partial charge in [0.15, 0.2) is 0 Å². The summed E-state index contributed by atoms with van der Waals surface area (Å²) >= 11 is 0. The van der Waals surface area contributed by atoms with Crippen molar-refractivity contribution in [2.24, 2.45) is 0 Å². The fourth-order valence-corrected chi connectivity index (χ4v) is 4.54. The third-order valence-corrected chi connectivity index (χ3v) is 6.32. The minimum atomic E-state index is -0.958. The molecule has 1 aliphatic rings. The van der Waals surface area contributed by atoms with Gasteiger partial charge in [-0.05, 0) is 87.4 Å². The second-order valence-electron chi connectivity index (χ2n) is 9.36. The molecule has 202 valence electrons. The molecule has 1 unspecified atom stereocenters. The summed E-state index contributed by atoms with van der Waals surface area (Å²) in [7, 11) is 1.54. The predicted molar refractivity (Wildman–Crippen MR) is 147 cm³/mol. The fraction of sp³-hybridized carbons (Fsp3) is 0.258. The van der Waals surface area contributed by atoms with Gasteiger partial charge < -0.3 is 19.3 Å². The summed E-state index contributed by atoms with van der Waals surface area (Å²) in [5, 5.41) is 11.5. The molecule has 0 bridgehead atoms. The average Bonchev–Trinajstić information content (AvgIpc) is 3.19. The summed E-state index contributed by atoms with van der Waals surface area (Å²) < 4.78 is 16.2. The lowest BCUT2D eigenvalue weighted by Crippen LogP contribution is -2.29. The highest BCUT2D eigenvalue weighted by Crippen LogP contribution is 2.43. The highest BCUT2D eigenvalue weighted by molar-refractivity contribution is 6.51. The Balaban J connectivity index is 1.88. The molecule has 1 saturated heterocycles. The van der Waals surface area contributed by atoms with Gasteiger partial charge in [0, 0.05) is 11.3 Å². The van der Waals surface area contributed by atoms with Gasteiger partial charge in [-0.3, -0.25) is 14.5 Å². The number of ether oxygens (including phenoxy) is 3. The molecule has 8 nitrogen and oxygen atoms in total. The number of aryl methyl sites for hydroxylation is 1. The quantitative estimate of drug-likeness (QED) is 0.176. The molecule has 1 fully saturated rings. The number of methoxy groups -OCH3 is 1. The van der Waals surface area contributed by atoms with E-state index in [2.05, 4.69) is 0 Å². The largest absolute Gasteiger partial charge is 0.507 e. The first-order valence-corrected chi connectivity index (χ1v) is 12.7. The highest BCUT2D eigenvalue weighted by atomic mass is 16.5. The maximum absolute atomic E-state index is 13.5. The Bertz CT molecular complexity index is 1440. The van der Waals surface area contributed by atoms with Crippen molar-refractivity contribution < 1.29 is 33.7 Å². The number of anilines is 1. The number of aliphatic hydroxyl groups is 1. The number of nitrogens with zero attached hydrogens (tertiary/aromatic N) is 1. The Hall–Kier alpha value is -4.59. The van der Waals surface area contributed by atoms with E-state index in [0.717, 1.165) is 5.56 Å². The molecule has 1 atom stereocenters. The summed E-state index contributed by atoms with van der Waals surface area (Å²) in [6, 6.07) is 17.4. The van der Waals surface area contributed by atoms with Crippen molar-refractivity contribution in [1.82, 2.24) is 0 Å². The normalized spacial score (nSPS) is 16.5. The van der Waals surface area contributed by atoms with Gasteiger partial charge in [-0.2, -0.15) is 0 Å². The number of amides is 1. The van der Waals surface area contributed by atoms with Crippen molar-refractivity contribution in [3.63, 3.8) is 0 Å². The van der Waals surface area contributed by atoms with Crippen molar-refractivity contribution in [2.75, 3.05) is 18.6 Å². The van der Waals surface area contributed by atoms with Crippen LogP contribution in [0.5, 0.6) is 11.5 Å². The molecule has 3 aromatic rings. The SMILES string of the molecule is CCOC(=O)c1cccc(N2C(=O)C(=O)/C(=C(/O)c3ccc(OC(C)C)c(C)c3)C2c2ccc(OC)cc2)c1. The number of hydrogen-bond acceptors (Lipinski definition) is 7. The van der Waals surface area contributed by atoms with Crippen LogP contribution >= 0.6 is 0 Å². The molecule has 8 heteroatoms. The minimum Gasteiger partial charge on any atom is -0.507 e. The minimum absolute atomic E-state index is 0.0334. The number of hydrogen-bond donors (Lipinski definition) is 1. The molecule has 3 aromatic carbocycles. The van der Waals surface area contributed by atoms with Crippen LogP contribution in [0.2, 0.25) is 0 Å². The maximum atomic E-state index is 13.5. The molecular formula is C31H31NO7. The Morgan fingerprint density at radius 3 is 2.33 bits per heavy atom. The van der Waals surface area contributed by atoms with E-state index >= 15 is 0 Å². The number of aliphatic hydroxyl groups excluding tert-OH is 1. The number of benzene rings is 3. The third-order valence-electron chi connectivity index (χ3n) is 6.32. The van der Waals surface area contributed by atoms with Crippen molar-refractivity contribution >= 4 is 29.1 Å². The second kappa shape index (κ2) is 11.4. The van der Waals surface area contributed by atoms with Crippen LogP contribution in [0.1, 0.15) is 53.9 Å². The van der Waals surface area contributed by atoms with Crippen LogP contribution in [0.3, 0.4) is 0 Å². The van der Waals surface area contributed by atoms with E-state index < -0.39 is 23.7 Å². The lowest BCUT2D eigenvalue weighted by molar-refractivity contribution is -0.132. The summed E-state index contributed by atoms with van der Waals surface area (Å²) in [6.45, 7) is 7.57. The molecule has 0 aliphatic carbocycles. The van der Waals surface area contributed by atoms with Crippen molar-refractivity contribution in [2.45, 2.75) is 39.8 Å². The molecule has 1 amide bonds. The number of rotatable bonds is 8. The van der Waals surface area contributed by atoms with Gasteiger partial charge in [-0.15, -0.1) is 0 Å². The van der Waals surface area contributed by atoms with Gasteiger partial charge in [0.2, 0.25) is 0 Å². The van der Waals surface area contributed by atoms with Crippen LogP contribution in [0, 0.1) is 6.92 Å². The van der Waals surface area contributed by atoms with E-state index in [1.165, 1.54) is 18.1 Å². The molecule has 0 radical (unpaired) electrons. The van der Waals surface area contributed by atoms with E-state index in [9.17, 15) is 19.5 Å². The Morgan fingerprint density at radius 1 is 1.00 bits per heavy atom. The number of ketones is 1. The molecule has 39 heavy (non-hydrogen) atoms. The zero-order valence-corrected chi connectivity index (χ0v) is 22.6. The smallest absolute Gasteiger partial charge is 0.338 e. The van der Waals surface area contributed by atoms with Gasteiger partial charge in [-0.1, -0.05) is 18.2 Å². The molecule has 1 heterocycles. The van der Waals surface area contributed by atoms with Gasteiger partial charge in [0.25, 0.3) is 11.7 Å². The van der Waals surface area contributed by atoms with E-state index in [1.807, 2.05) is 20.8 Å². The molecule has 0 spiro atoms. The Morgan fingerprint density at radius 2 is 1.72 bits per heavy atom. The maximum Gasteiger partial charge on any atom is 0.338 e.